The van der Waals surface area contributed by atoms with Gasteiger partial charge in [-0.3, -0.25) is 9.59 Å². The standard InChI is InChI=1S/C19H27ClN2O3/c1-21(13-15-12-16(20)9-10-17(15)25-2)19(24)14-22-11-7-5-3-4-6-8-18(22)23/h9-10,12H,3-8,11,13-14H2,1-2H3. The number of carbonyl (C=O) groups excluding carboxylic acids is 2. The van der Waals surface area contributed by atoms with Gasteiger partial charge in [0.2, 0.25) is 11.8 Å². The molecule has 1 aliphatic heterocycles. The highest BCUT2D eigenvalue weighted by Crippen LogP contribution is 2.24. The fraction of sp³-hybridized carbons (Fsp3) is 0.579. The monoisotopic (exact) mass is 366 g/mol. The van der Waals surface area contributed by atoms with Gasteiger partial charge in [-0.2, -0.15) is 0 Å². The molecule has 1 saturated heterocycles. The summed E-state index contributed by atoms with van der Waals surface area (Å²) >= 11 is 6.05. The van der Waals surface area contributed by atoms with Gasteiger partial charge in [0, 0.05) is 37.1 Å². The van der Waals surface area contributed by atoms with E-state index in [1.165, 1.54) is 6.42 Å². The SMILES string of the molecule is COc1ccc(Cl)cc1CN(C)C(=O)CN1CCCCCCCC1=O. The van der Waals surface area contributed by atoms with E-state index >= 15 is 0 Å². The quantitative estimate of drug-likeness (QED) is 0.801. The Morgan fingerprint density at radius 3 is 2.72 bits per heavy atom. The highest BCUT2D eigenvalue weighted by molar-refractivity contribution is 6.30. The Hall–Kier alpha value is -1.75. The average Bonchev–Trinajstić information content (AvgIpc) is 2.68. The number of halogens is 1. The Kier molecular flexibility index (Phi) is 7.56. The van der Waals surface area contributed by atoms with E-state index in [2.05, 4.69) is 0 Å². The third kappa shape index (κ3) is 5.92. The zero-order chi connectivity index (χ0) is 18.2. The van der Waals surface area contributed by atoms with Crippen molar-refractivity contribution < 1.29 is 14.3 Å². The second kappa shape index (κ2) is 9.66. The molecule has 2 rings (SSSR count). The molecule has 1 aromatic rings. The van der Waals surface area contributed by atoms with Gasteiger partial charge in [-0.05, 0) is 31.0 Å². The second-order valence-electron chi connectivity index (χ2n) is 6.54. The van der Waals surface area contributed by atoms with Crippen LogP contribution in [0.15, 0.2) is 18.2 Å². The van der Waals surface area contributed by atoms with E-state index in [9.17, 15) is 9.59 Å². The van der Waals surface area contributed by atoms with Crippen LogP contribution in [0.25, 0.3) is 0 Å². The number of amides is 2. The lowest BCUT2D eigenvalue weighted by molar-refractivity contribution is -0.140. The topological polar surface area (TPSA) is 49.9 Å². The molecule has 0 spiro atoms. The fourth-order valence-corrected chi connectivity index (χ4v) is 3.25. The Bertz CT molecular complexity index is 606. The molecule has 1 aliphatic rings. The van der Waals surface area contributed by atoms with Gasteiger partial charge in [-0.15, -0.1) is 0 Å². The van der Waals surface area contributed by atoms with Crippen LogP contribution in [0.3, 0.4) is 0 Å². The summed E-state index contributed by atoms with van der Waals surface area (Å²) in [7, 11) is 3.33. The summed E-state index contributed by atoms with van der Waals surface area (Å²) in [6.07, 6.45) is 5.81. The van der Waals surface area contributed by atoms with Crippen LogP contribution < -0.4 is 4.74 Å². The van der Waals surface area contributed by atoms with E-state index in [4.69, 9.17) is 16.3 Å². The van der Waals surface area contributed by atoms with E-state index in [0.717, 1.165) is 31.2 Å². The van der Waals surface area contributed by atoms with Crippen LogP contribution >= 0.6 is 11.6 Å². The van der Waals surface area contributed by atoms with Crippen LogP contribution in [-0.2, 0) is 16.1 Å². The molecule has 1 heterocycles. The average molecular weight is 367 g/mol. The van der Waals surface area contributed by atoms with E-state index in [-0.39, 0.29) is 18.4 Å². The number of likely N-dealkylation sites (N-methyl/N-ethyl adjacent to an activating group) is 1. The van der Waals surface area contributed by atoms with Gasteiger partial charge in [-0.1, -0.05) is 30.9 Å². The number of ether oxygens (including phenoxy) is 1. The molecule has 6 heteroatoms. The number of hydrogen-bond acceptors (Lipinski definition) is 3. The summed E-state index contributed by atoms with van der Waals surface area (Å²) in [6.45, 7) is 1.20. The first-order chi connectivity index (χ1) is 12.0. The Morgan fingerprint density at radius 1 is 1.24 bits per heavy atom. The maximum Gasteiger partial charge on any atom is 0.242 e. The van der Waals surface area contributed by atoms with E-state index in [1.54, 1.807) is 42.2 Å². The summed E-state index contributed by atoms with van der Waals surface area (Å²) in [6, 6.07) is 5.35. The third-order valence-electron chi connectivity index (χ3n) is 4.57. The van der Waals surface area contributed by atoms with Crippen molar-refractivity contribution in [2.45, 2.75) is 45.1 Å². The van der Waals surface area contributed by atoms with Crippen molar-refractivity contribution >= 4 is 23.4 Å². The van der Waals surface area contributed by atoms with Gasteiger partial charge in [-0.25, -0.2) is 0 Å². The molecule has 0 unspecified atom stereocenters. The maximum absolute atomic E-state index is 12.6. The zero-order valence-corrected chi connectivity index (χ0v) is 15.8. The van der Waals surface area contributed by atoms with Crippen LogP contribution in [0.5, 0.6) is 5.75 Å². The first kappa shape index (κ1) is 19.6. The number of carbonyl (C=O) groups is 2. The van der Waals surface area contributed by atoms with Gasteiger partial charge in [0.1, 0.15) is 5.75 Å². The first-order valence-corrected chi connectivity index (χ1v) is 9.23. The van der Waals surface area contributed by atoms with Crippen LogP contribution in [0.1, 0.15) is 44.1 Å². The third-order valence-corrected chi connectivity index (χ3v) is 4.81. The van der Waals surface area contributed by atoms with Crippen molar-refractivity contribution in [2.75, 3.05) is 27.2 Å². The van der Waals surface area contributed by atoms with Crippen LogP contribution in [0.2, 0.25) is 5.02 Å². The van der Waals surface area contributed by atoms with Crippen LogP contribution in [0.4, 0.5) is 0 Å². The number of methoxy groups -OCH3 is 1. The van der Waals surface area contributed by atoms with E-state index in [0.29, 0.717) is 30.3 Å². The van der Waals surface area contributed by atoms with Crippen molar-refractivity contribution in [1.29, 1.82) is 0 Å². The molecule has 0 aromatic heterocycles. The molecule has 0 N–H and O–H groups in total. The van der Waals surface area contributed by atoms with Crippen molar-refractivity contribution in [3.05, 3.63) is 28.8 Å². The first-order valence-electron chi connectivity index (χ1n) is 8.85. The Balaban J connectivity index is 1.99. The largest absolute Gasteiger partial charge is 0.496 e. The second-order valence-corrected chi connectivity index (χ2v) is 6.98. The van der Waals surface area contributed by atoms with Crippen molar-refractivity contribution in [3.63, 3.8) is 0 Å². The number of nitrogens with zero attached hydrogens (tertiary/aromatic N) is 2. The highest BCUT2D eigenvalue weighted by atomic mass is 35.5. The summed E-state index contributed by atoms with van der Waals surface area (Å²) < 4.78 is 5.33. The van der Waals surface area contributed by atoms with Crippen LogP contribution in [0, 0.1) is 0 Å². The van der Waals surface area contributed by atoms with Crippen molar-refractivity contribution in [2.24, 2.45) is 0 Å². The van der Waals surface area contributed by atoms with Gasteiger partial charge < -0.3 is 14.5 Å². The molecule has 0 aliphatic carbocycles. The maximum atomic E-state index is 12.6. The summed E-state index contributed by atoms with van der Waals surface area (Å²) in [4.78, 5) is 28.2. The molecule has 0 radical (unpaired) electrons. The van der Waals surface area contributed by atoms with E-state index < -0.39 is 0 Å². The molecule has 1 aromatic carbocycles. The Morgan fingerprint density at radius 2 is 1.96 bits per heavy atom. The van der Waals surface area contributed by atoms with Gasteiger partial charge >= 0.3 is 0 Å². The predicted molar refractivity (Wildman–Crippen MR) is 98.8 cm³/mol. The Labute approximate surface area is 154 Å². The minimum atomic E-state index is -0.0744. The minimum absolute atomic E-state index is 0.0744. The normalized spacial score (nSPS) is 16.0. The number of hydrogen-bond donors (Lipinski definition) is 0. The molecule has 5 nitrogen and oxygen atoms in total. The molecular weight excluding hydrogens is 340 g/mol. The smallest absolute Gasteiger partial charge is 0.242 e. The zero-order valence-electron chi connectivity index (χ0n) is 15.1. The number of benzene rings is 1. The molecule has 1 fully saturated rings. The van der Waals surface area contributed by atoms with Gasteiger partial charge in [0.25, 0.3) is 0 Å². The molecule has 0 bridgehead atoms. The van der Waals surface area contributed by atoms with Crippen LogP contribution in [-0.4, -0.2) is 48.9 Å². The van der Waals surface area contributed by atoms with Gasteiger partial charge in [0.15, 0.2) is 0 Å². The number of rotatable bonds is 5. The summed E-state index contributed by atoms with van der Waals surface area (Å²) in [5, 5.41) is 0.604. The molecule has 0 saturated carbocycles. The molecular formula is C19H27ClN2O3. The van der Waals surface area contributed by atoms with Crippen molar-refractivity contribution in [3.8, 4) is 5.75 Å². The lowest BCUT2D eigenvalue weighted by Gasteiger charge is -2.25. The molecule has 25 heavy (non-hydrogen) atoms. The van der Waals surface area contributed by atoms with E-state index in [1.807, 2.05) is 0 Å². The molecule has 0 atom stereocenters. The molecule has 138 valence electrons. The lowest BCUT2D eigenvalue weighted by Crippen LogP contribution is -2.41. The highest BCUT2D eigenvalue weighted by Gasteiger charge is 2.20. The minimum Gasteiger partial charge on any atom is -0.496 e. The van der Waals surface area contributed by atoms with Gasteiger partial charge in [0.05, 0.1) is 13.7 Å². The van der Waals surface area contributed by atoms with Crippen molar-refractivity contribution in [1.82, 2.24) is 9.80 Å². The summed E-state index contributed by atoms with van der Waals surface area (Å²) in [5.74, 6) is 0.710. The predicted octanol–water partition coefficient (Wildman–Crippen LogP) is 3.49. The summed E-state index contributed by atoms with van der Waals surface area (Å²) in [5.41, 5.74) is 0.849. The lowest BCUT2D eigenvalue weighted by atomic mass is 10.1. The fourth-order valence-electron chi connectivity index (χ4n) is 3.06. The molecule has 2 amide bonds.